The predicted octanol–water partition coefficient (Wildman–Crippen LogP) is 9.80. The lowest BCUT2D eigenvalue weighted by Crippen LogP contribution is -1.98. The highest BCUT2D eigenvalue weighted by Crippen LogP contribution is 2.57. The molecule has 0 fully saturated rings. The Morgan fingerprint density at radius 3 is 1.29 bits per heavy atom. The minimum Gasteiger partial charge on any atom is -0.0622 e. The Morgan fingerprint density at radius 2 is 0.771 bits per heavy atom. The molecule has 0 radical (unpaired) electrons. The zero-order valence-electron chi connectivity index (χ0n) is 19.6. The highest BCUT2D eigenvalue weighted by Gasteiger charge is 2.31. The molecule has 0 bridgehead atoms. The van der Waals surface area contributed by atoms with Crippen LogP contribution in [0.5, 0.6) is 0 Å². The van der Waals surface area contributed by atoms with Crippen LogP contribution in [0.15, 0.2) is 127 Å². The van der Waals surface area contributed by atoms with Crippen LogP contribution in [0.3, 0.4) is 0 Å². The Bertz CT molecular complexity index is 1700. The Hall–Kier alpha value is -4.42. The van der Waals surface area contributed by atoms with E-state index in [2.05, 4.69) is 134 Å². The summed E-state index contributed by atoms with van der Waals surface area (Å²) >= 11 is 0. The van der Waals surface area contributed by atoms with Gasteiger partial charge in [0.25, 0.3) is 0 Å². The summed E-state index contributed by atoms with van der Waals surface area (Å²) in [6, 6.07) is 46.2. The second kappa shape index (κ2) is 7.82. The first-order valence-corrected chi connectivity index (χ1v) is 12.2. The molecule has 0 unspecified atom stereocenters. The van der Waals surface area contributed by atoms with Gasteiger partial charge in [0.2, 0.25) is 0 Å². The molecule has 6 aromatic rings. The molecule has 164 valence electrons. The van der Waals surface area contributed by atoms with E-state index in [1.54, 1.807) is 0 Å². The molecule has 0 spiro atoms. The van der Waals surface area contributed by atoms with Crippen molar-refractivity contribution in [2.24, 2.45) is 0 Å². The normalized spacial score (nSPS) is 11.6. The summed E-state index contributed by atoms with van der Waals surface area (Å²) < 4.78 is 0. The van der Waals surface area contributed by atoms with Gasteiger partial charge in [-0.05, 0) is 78.9 Å². The lowest BCUT2D eigenvalue weighted by molar-refractivity contribution is 1.45. The smallest absolute Gasteiger partial charge is 0.00108 e. The summed E-state index contributed by atoms with van der Waals surface area (Å²) in [6.45, 7) is 2.31. The monoisotopic (exact) mass is 444 g/mol. The van der Waals surface area contributed by atoms with E-state index in [1.165, 1.54) is 72.0 Å². The standard InChI is InChI=1S/C35H24/c1-23-30(24-13-5-2-6-14-24)33(26-15-7-3-8-16-26)34(27-17-9-4-10-18-27)35-29-22-12-20-25-19-11-21-28(31(23)35)32(25)29/h2-22H,1H3. The molecule has 1 aliphatic rings. The van der Waals surface area contributed by atoms with Crippen molar-refractivity contribution in [2.45, 2.75) is 6.92 Å². The first-order valence-electron chi connectivity index (χ1n) is 12.2. The third-order valence-electron chi connectivity index (χ3n) is 7.38. The van der Waals surface area contributed by atoms with Crippen molar-refractivity contribution in [3.8, 4) is 55.6 Å². The van der Waals surface area contributed by atoms with Crippen LogP contribution < -0.4 is 0 Å². The molecule has 0 N–H and O–H groups in total. The topological polar surface area (TPSA) is 0 Å². The number of hydrogen-bond donors (Lipinski definition) is 0. The molecule has 0 nitrogen and oxygen atoms in total. The Morgan fingerprint density at radius 1 is 0.343 bits per heavy atom. The van der Waals surface area contributed by atoms with E-state index in [4.69, 9.17) is 0 Å². The van der Waals surface area contributed by atoms with Crippen molar-refractivity contribution >= 4 is 10.8 Å². The van der Waals surface area contributed by atoms with E-state index >= 15 is 0 Å². The van der Waals surface area contributed by atoms with Gasteiger partial charge in [-0.15, -0.1) is 0 Å². The maximum absolute atomic E-state index is 2.31. The van der Waals surface area contributed by atoms with Gasteiger partial charge >= 0.3 is 0 Å². The molecule has 0 heteroatoms. The van der Waals surface area contributed by atoms with Crippen molar-refractivity contribution in [1.29, 1.82) is 0 Å². The molecule has 7 rings (SSSR count). The van der Waals surface area contributed by atoms with E-state index in [1.807, 2.05) is 0 Å². The molecule has 1 aliphatic carbocycles. The lowest BCUT2D eigenvalue weighted by atomic mass is 9.78. The SMILES string of the molecule is Cc1c(-c2ccccc2)c(-c2ccccc2)c(-c2ccccc2)c2c1-c1cccc3cccc-2c13. The average molecular weight is 445 g/mol. The summed E-state index contributed by atoms with van der Waals surface area (Å²) in [5.74, 6) is 0. The highest BCUT2D eigenvalue weighted by molar-refractivity contribution is 6.22. The maximum Gasteiger partial charge on any atom is -0.00108 e. The molecular weight excluding hydrogens is 420 g/mol. The molecule has 0 aliphatic heterocycles. The van der Waals surface area contributed by atoms with Crippen molar-refractivity contribution in [2.75, 3.05) is 0 Å². The van der Waals surface area contributed by atoms with Crippen LogP contribution in [0.1, 0.15) is 5.56 Å². The molecule has 35 heavy (non-hydrogen) atoms. The van der Waals surface area contributed by atoms with Crippen molar-refractivity contribution in [3.63, 3.8) is 0 Å². The molecule has 0 heterocycles. The summed E-state index contributed by atoms with van der Waals surface area (Å²) in [5, 5.41) is 2.67. The fourth-order valence-corrected chi connectivity index (χ4v) is 5.99. The number of fused-ring (bicyclic) bond motifs is 3. The Kier molecular flexibility index (Phi) is 4.47. The first kappa shape index (κ1) is 20.0. The van der Waals surface area contributed by atoms with Gasteiger partial charge in [-0.3, -0.25) is 0 Å². The minimum absolute atomic E-state index is 1.25. The summed E-state index contributed by atoms with van der Waals surface area (Å²) in [7, 11) is 0. The third kappa shape index (κ3) is 2.93. The molecule has 0 saturated carbocycles. The van der Waals surface area contributed by atoms with Gasteiger partial charge in [-0.2, -0.15) is 0 Å². The van der Waals surface area contributed by atoms with Gasteiger partial charge in [0.1, 0.15) is 0 Å². The molecule has 0 amide bonds. The second-order valence-corrected chi connectivity index (χ2v) is 9.31. The van der Waals surface area contributed by atoms with E-state index in [9.17, 15) is 0 Å². The fourth-order valence-electron chi connectivity index (χ4n) is 5.99. The van der Waals surface area contributed by atoms with Gasteiger partial charge < -0.3 is 0 Å². The second-order valence-electron chi connectivity index (χ2n) is 9.31. The zero-order chi connectivity index (χ0) is 23.4. The minimum atomic E-state index is 1.25. The van der Waals surface area contributed by atoms with Crippen LogP contribution in [-0.4, -0.2) is 0 Å². The van der Waals surface area contributed by atoms with Gasteiger partial charge in [0, 0.05) is 0 Å². The Labute approximate surface area is 206 Å². The van der Waals surface area contributed by atoms with E-state index in [0.29, 0.717) is 0 Å². The van der Waals surface area contributed by atoms with Crippen molar-refractivity contribution in [3.05, 3.63) is 133 Å². The van der Waals surface area contributed by atoms with Crippen LogP contribution in [-0.2, 0) is 0 Å². The van der Waals surface area contributed by atoms with Crippen LogP contribution in [0.2, 0.25) is 0 Å². The fraction of sp³-hybridized carbons (Fsp3) is 0.0286. The van der Waals surface area contributed by atoms with Gasteiger partial charge in [-0.1, -0.05) is 127 Å². The van der Waals surface area contributed by atoms with Crippen LogP contribution in [0.4, 0.5) is 0 Å². The molecule has 0 aromatic heterocycles. The number of benzene rings is 6. The molecule has 6 aromatic carbocycles. The first-order chi connectivity index (χ1) is 17.3. The molecule has 0 saturated heterocycles. The number of rotatable bonds is 3. The lowest BCUT2D eigenvalue weighted by Gasteiger charge is -2.24. The van der Waals surface area contributed by atoms with Crippen molar-refractivity contribution in [1.82, 2.24) is 0 Å². The zero-order valence-corrected chi connectivity index (χ0v) is 19.6. The summed E-state index contributed by atoms with van der Waals surface area (Å²) in [4.78, 5) is 0. The summed E-state index contributed by atoms with van der Waals surface area (Å²) in [6.07, 6.45) is 0. The third-order valence-corrected chi connectivity index (χ3v) is 7.38. The van der Waals surface area contributed by atoms with E-state index in [0.717, 1.165) is 0 Å². The number of hydrogen-bond acceptors (Lipinski definition) is 0. The molecular formula is C35H24. The van der Waals surface area contributed by atoms with Crippen LogP contribution >= 0.6 is 0 Å². The van der Waals surface area contributed by atoms with Gasteiger partial charge in [-0.25, -0.2) is 0 Å². The van der Waals surface area contributed by atoms with Crippen LogP contribution in [0, 0.1) is 6.92 Å². The van der Waals surface area contributed by atoms with Crippen molar-refractivity contribution < 1.29 is 0 Å². The van der Waals surface area contributed by atoms with E-state index in [-0.39, 0.29) is 0 Å². The van der Waals surface area contributed by atoms with E-state index < -0.39 is 0 Å². The Balaban J connectivity index is 1.75. The van der Waals surface area contributed by atoms with Gasteiger partial charge in [0.05, 0.1) is 0 Å². The quantitative estimate of drug-likeness (QED) is 0.254. The maximum atomic E-state index is 2.31. The van der Waals surface area contributed by atoms with Crippen LogP contribution in [0.25, 0.3) is 66.4 Å². The average Bonchev–Trinajstić information content (AvgIpc) is 3.26. The highest BCUT2D eigenvalue weighted by atomic mass is 14.3. The predicted molar refractivity (Wildman–Crippen MR) is 149 cm³/mol. The molecule has 0 atom stereocenters. The largest absolute Gasteiger partial charge is 0.0622 e. The summed E-state index contributed by atoms with van der Waals surface area (Å²) in [5.41, 5.74) is 14.5. The van der Waals surface area contributed by atoms with Gasteiger partial charge in [0.15, 0.2) is 0 Å².